The number of carbonyl (C=O) groups excluding carboxylic acids is 2. The number of hydrogen-bond acceptors (Lipinski definition) is 4. The molecule has 0 aromatic carbocycles. The molecule has 1 saturated heterocycles. The van der Waals surface area contributed by atoms with Gasteiger partial charge in [0.2, 0.25) is 11.8 Å². The summed E-state index contributed by atoms with van der Waals surface area (Å²) in [6.45, 7) is 1.02. The number of halogens is 1. The molecule has 2 fully saturated rings. The van der Waals surface area contributed by atoms with Crippen LogP contribution in [0.25, 0.3) is 0 Å². The Bertz CT molecular complexity index is 386. The third kappa shape index (κ3) is 5.11. The Hall–Kier alpha value is -0.850. The molecule has 5 N–H and O–H groups in total. The van der Waals surface area contributed by atoms with E-state index in [9.17, 15) is 9.59 Å². The first-order valence-electron chi connectivity index (χ1n) is 7.96. The maximum absolute atomic E-state index is 12.1. The van der Waals surface area contributed by atoms with Gasteiger partial charge in [0, 0.05) is 13.0 Å². The van der Waals surface area contributed by atoms with Gasteiger partial charge in [0.05, 0.1) is 6.10 Å². The van der Waals surface area contributed by atoms with Crippen molar-refractivity contribution < 1.29 is 14.3 Å². The van der Waals surface area contributed by atoms with E-state index in [1.54, 1.807) is 0 Å². The first kappa shape index (κ1) is 19.2. The van der Waals surface area contributed by atoms with Crippen molar-refractivity contribution >= 4 is 24.2 Å². The lowest BCUT2D eigenvalue weighted by molar-refractivity contribution is -0.129. The number of primary amides is 1. The Kier molecular flexibility index (Phi) is 7.59. The summed E-state index contributed by atoms with van der Waals surface area (Å²) in [6, 6.07) is 0. The summed E-state index contributed by atoms with van der Waals surface area (Å²) >= 11 is 0. The molecule has 2 amide bonds. The second-order valence-electron chi connectivity index (χ2n) is 6.47. The minimum absolute atomic E-state index is 0. The molecule has 6 nitrogen and oxygen atoms in total. The summed E-state index contributed by atoms with van der Waals surface area (Å²) in [7, 11) is 0. The lowest BCUT2D eigenvalue weighted by Crippen LogP contribution is -2.40. The van der Waals surface area contributed by atoms with Crippen molar-refractivity contribution in [3.63, 3.8) is 0 Å². The molecule has 0 aromatic rings. The molecule has 1 aliphatic heterocycles. The zero-order chi connectivity index (χ0) is 15.3. The van der Waals surface area contributed by atoms with Crippen molar-refractivity contribution in [3.8, 4) is 0 Å². The number of carbonyl (C=O) groups is 2. The third-order valence-electron chi connectivity index (χ3n) is 4.83. The number of amides is 2. The zero-order valence-electron chi connectivity index (χ0n) is 13.0. The average Bonchev–Trinajstić information content (AvgIpc) is 2.95. The van der Waals surface area contributed by atoms with Crippen molar-refractivity contribution in [2.75, 3.05) is 13.1 Å². The van der Waals surface area contributed by atoms with E-state index in [0.29, 0.717) is 25.9 Å². The lowest BCUT2D eigenvalue weighted by atomic mass is 9.71. The van der Waals surface area contributed by atoms with Crippen molar-refractivity contribution in [2.24, 2.45) is 16.9 Å². The molecule has 0 spiro atoms. The fourth-order valence-corrected chi connectivity index (χ4v) is 3.45. The molecule has 0 bridgehead atoms. The molecule has 1 heterocycles. The maximum Gasteiger partial charge on any atom is 0.246 e. The first-order chi connectivity index (χ1) is 10.0. The molecule has 0 radical (unpaired) electrons. The second-order valence-corrected chi connectivity index (χ2v) is 6.47. The summed E-state index contributed by atoms with van der Waals surface area (Å²) in [6.07, 6.45) is 6.95. The Balaban J connectivity index is 0.00000242. The molecule has 0 aromatic heterocycles. The third-order valence-corrected chi connectivity index (χ3v) is 4.83. The maximum atomic E-state index is 12.1. The van der Waals surface area contributed by atoms with Crippen molar-refractivity contribution in [2.45, 2.75) is 63.6 Å². The predicted molar refractivity (Wildman–Crippen MR) is 86.5 cm³/mol. The smallest absolute Gasteiger partial charge is 0.246 e. The minimum atomic E-state index is -0.499. The molecule has 1 saturated carbocycles. The van der Waals surface area contributed by atoms with Crippen molar-refractivity contribution in [1.29, 1.82) is 0 Å². The van der Waals surface area contributed by atoms with Gasteiger partial charge in [-0.05, 0) is 37.6 Å². The molecular formula is C15H28ClN3O3. The Morgan fingerprint density at radius 1 is 1.18 bits per heavy atom. The van der Waals surface area contributed by atoms with Crippen molar-refractivity contribution in [1.82, 2.24) is 5.32 Å². The van der Waals surface area contributed by atoms with Crippen LogP contribution in [-0.2, 0) is 14.3 Å². The van der Waals surface area contributed by atoms with Crippen LogP contribution in [0, 0.1) is 5.41 Å². The zero-order valence-corrected chi connectivity index (χ0v) is 13.8. The number of rotatable bonds is 6. The standard InChI is InChI=1S/C15H27N3O3.ClH/c16-10-15(6-2-1-3-7-15)8-13(19)18-9-11-4-5-12(21-11)14(17)20;/h11-12H,1-10,16H2,(H2,17,20)(H,18,19);1H. The monoisotopic (exact) mass is 333 g/mol. The van der Waals surface area contributed by atoms with E-state index in [2.05, 4.69) is 5.32 Å². The van der Waals surface area contributed by atoms with Crippen LogP contribution in [0.4, 0.5) is 0 Å². The molecule has 2 atom stereocenters. The molecule has 2 unspecified atom stereocenters. The number of nitrogens with two attached hydrogens (primary N) is 2. The Morgan fingerprint density at radius 3 is 2.41 bits per heavy atom. The van der Waals surface area contributed by atoms with Crippen LogP contribution in [0.3, 0.4) is 0 Å². The van der Waals surface area contributed by atoms with Gasteiger partial charge in [0.25, 0.3) is 0 Å². The van der Waals surface area contributed by atoms with E-state index in [1.165, 1.54) is 6.42 Å². The van der Waals surface area contributed by atoms with Gasteiger partial charge in [0.15, 0.2) is 0 Å². The highest BCUT2D eigenvalue weighted by atomic mass is 35.5. The highest BCUT2D eigenvalue weighted by Gasteiger charge is 2.34. The van der Waals surface area contributed by atoms with Gasteiger partial charge in [-0.3, -0.25) is 9.59 Å². The summed E-state index contributed by atoms with van der Waals surface area (Å²) in [5, 5.41) is 2.92. The molecule has 1 aliphatic carbocycles. The van der Waals surface area contributed by atoms with E-state index in [-0.39, 0.29) is 29.8 Å². The summed E-state index contributed by atoms with van der Waals surface area (Å²) in [5.41, 5.74) is 11.1. The Labute approximate surface area is 138 Å². The SMILES string of the molecule is Cl.NCC1(CC(=O)NCC2CCC(C(N)=O)O2)CCCCC1. The quantitative estimate of drug-likeness (QED) is 0.669. The first-order valence-corrected chi connectivity index (χ1v) is 7.96. The van der Waals surface area contributed by atoms with Crippen LogP contribution in [-0.4, -0.2) is 37.1 Å². The van der Waals surface area contributed by atoms with E-state index in [0.717, 1.165) is 32.1 Å². The highest BCUT2D eigenvalue weighted by molar-refractivity contribution is 5.85. The summed E-state index contributed by atoms with van der Waals surface area (Å²) in [4.78, 5) is 23.2. The van der Waals surface area contributed by atoms with Crippen LogP contribution >= 0.6 is 12.4 Å². The Morgan fingerprint density at radius 2 is 1.86 bits per heavy atom. The van der Waals surface area contributed by atoms with Crippen LogP contribution in [0.15, 0.2) is 0 Å². The summed E-state index contributed by atoms with van der Waals surface area (Å²) in [5.74, 6) is -0.387. The fraction of sp³-hybridized carbons (Fsp3) is 0.867. The van der Waals surface area contributed by atoms with E-state index >= 15 is 0 Å². The topological polar surface area (TPSA) is 107 Å². The molecule has 2 aliphatic rings. The fourth-order valence-electron chi connectivity index (χ4n) is 3.45. The van der Waals surface area contributed by atoms with Gasteiger partial charge in [-0.25, -0.2) is 0 Å². The van der Waals surface area contributed by atoms with Gasteiger partial charge in [0.1, 0.15) is 6.10 Å². The molecule has 22 heavy (non-hydrogen) atoms. The van der Waals surface area contributed by atoms with Crippen LogP contribution in [0.5, 0.6) is 0 Å². The van der Waals surface area contributed by atoms with Crippen molar-refractivity contribution in [3.05, 3.63) is 0 Å². The number of nitrogens with one attached hydrogen (secondary N) is 1. The van der Waals surface area contributed by atoms with Gasteiger partial charge in [-0.1, -0.05) is 19.3 Å². The molecule has 2 rings (SSSR count). The van der Waals surface area contributed by atoms with Gasteiger partial charge in [-0.2, -0.15) is 0 Å². The predicted octanol–water partition coefficient (Wildman–Crippen LogP) is 0.857. The number of ether oxygens (including phenoxy) is 1. The van der Waals surface area contributed by atoms with Crippen LogP contribution in [0.1, 0.15) is 51.4 Å². The lowest BCUT2D eigenvalue weighted by Gasteiger charge is -2.35. The second kappa shape index (κ2) is 8.70. The van der Waals surface area contributed by atoms with Crippen LogP contribution in [0.2, 0.25) is 0 Å². The van der Waals surface area contributed by atoms with Crippen LogP contribution < -0.4 is 16.8 Å². The van der Waals surface area contributed by atoms with E-state index in [1.807, 2.05) is 0 Å². The van der Waals surface area contributed by atoms with E-state index in [4.69, 9.17) is 16.2 Å². The minimum Gasteiger partial charge on any atom is -0.367 e. The van der Waals surface area contributed by atoms with Gasteiger partial charge >= 0.3 is 0 Å². The molecule has 7 heteroatoms. The van der Waals surface area contributed by atoms with Gasteiger partial charge in [-0.15, -0.1) is 12.4 Å². The average molecular weight is 334 g/mol. The largest absolute Gasteiger partial charge is 0.367 e. The normalized spacial score (nSPS) is 27.0. The molecule has 128 valence electrons. The summed E-state index contributed by atoms with van der Waals surface area (Å²) < 4.78 is 5.50. The van der Waals surface area contributed by atoms with Gasteiger partial charge < -0.3 is 21.5 Å². The highest BCUT2D eigenvalue weighted by Crippen LogP contribution is 2.38. The van der Waals surface area contributed by atoms with E-state index < -0.39 is 12.0 Å². The molecular weight excluding hydrogens is 306 g/mol. The number of hydrogen-bond donors (Lipinski definition) is 3.